The van der Waals surface area contributed by atoms with Gasteiger partial charge in [0.15, 0.2) is 0 Å². The van der Waals surface area contributed by atoms with E-state index in [0.29, 0.717) is 11.4 Å². The molecule has 1 aliphatic carbocycles. The molecule has 1 amide bonds. The Hall–Kier alpha value is -1.71. The predicted octanol–water partition coefficient (Wildman–Crippen LogP) is 1.92. The highest BCUT2D eigenvalue weighted by atomic mass is 16.4. The Labute approximate surface area is 81.9 Å². The van der Waals surface area contributed by atoms with Crippen molar-refractivity contribution in [1.82, 2.24) is 0 Å². The van der Waals surface area contributed by atoms with Crippen LogP contribution in [0.2, 0.25) is 0 Å². The van der Waals surface area contributed by atoms with Gasteiger partial charge in [0.05, 0.1) is 0 Å². The van der Waals surface area contributed by atoms with Crippen LogP contribution in [-0.2, 0) is 0 Å². The van der Waals surface area contributed by atoms with Crippen LogP contribution in [0.4, 0.5) is 16.2 Å². The van der Waals surface area contributed by atoms with Crippen LogP contribution in [0.3, 0.4) is 0 Å². The summed E-state index contributed by atoms with van der Waals surface area (Å²) >= 11 is 0. The van der Waals surface area contributed by atoms with Crippen molar-refractivity contribution in [1.29, 1.82) is 0 Å². The van der Waals surface area contributed by atoms with Gasteiger partial charge in [-0.1, -0.05) is 0 Å². The minimum atomic E-state index is -0.891. The number of amides is 1. The van der Waals surface area contributed by atoms with Crippen molar-refractivity contribution in [2.45, 2.75) is 18.9 Å². The summed E-state index contributed by atoms with van der Waals surface area (Å²) in [5, 5.41) is 9.00. The Morgan fingerprint density at radius 3 is 2.36 bits per heavy atom. The maximum absolute atomic E-state index is 11.0. The lowest BCUT2D eigenvalue weighted by Crippen LogP contribution is -2.31. The van der Waals surface area contributed by atoms with Crippen molar-refractivity contribution in [3.05, 3.63) is 24.3 Å². The molecule has 1 aromatic carbocycles. The van der Waals surface area contributed by atoms with Crippen LogP contribution in [0.5, 0.6) is 0 Å². The standard InChI is InChI=1S/C10H12N2O2/c11-7-1-3-8(4-2-7)12(10(13)14)9-5-6-9/h1-4,9H,5-6,11H2,(H,13,14). The fourth-order valence-electron chi connectivity index (χ4n) is 1.45. The third-order valence-electron chi connectivity index (χ3n) is 2.29. The summed E-state index contributed by atoms with van der Waals surface area (Å²) in [7, 11) is 0. The summed E-state index contributed by atoms with van der Waals surface area (Å²) < 4.78 is 0. The van der Waals surface area contributed by atoms with E-state index in [1.165, 1.54) is 4.90 Å². The lowest BCUT2D eigenvalue weighted by molar-refractivity contribution is 0.201. The van der Waals surface area contributed by atoms with Crippen LogP contribution in [-0.4, -0.2) is 17.2 Å². The molecule has 74 valence electrons. The van der Waals surface area contributed by atoms with E-state index in [4.69, 9.17) is 10.8 Å². The molecule has 0 unspecified atom stereocenters. The first-order chi connectivity index (χ1) is 6.68. The van der Waals surface area contributed by atoms with Gasteiger partial charge in [-0.3, -0.25) is 4.90 Å². The van der Waals surface area contributed by atoms with Gasteiger partial charge in [-0.05, 0) is 37.1 Å². The van der Waals surface area contributed by atoms with Crippen molar-refractivity contribution in [3.8, 4) is 0 Å². The van der Waals surface area contributed by atoms with Crippen LogP contribution in [0.1, 0.15) is 12.8 Å². The number of hydrogen-bond acceptors (Lipinski definition) is 2. The third kappa shape index (κ3) is 1.64. The molecule has 0 aromatic heterocycles. The second-order valence-electron chi connectivity index (χ2n) is 3.48. The minimum Gasteiger partial charge on any atom is -0.465 e. The van der Waals surface area contributed by atoms with Gasteiger partial charge in [0.1, 0.15) is 0 Å². The summed E-state index contributed by atoms with van der Waals surface area (Å²) in [5.41, 5.74) is 6.88. The molecule has 0 saturated heterocycles. The molecule has 1 aromatic rings. The maximum Gasteiger partial charge on any atom is 0.412 e. The molecule has 0 spiro atoms. The van der Waals surface area contributed by atoms with E-state index < -0.39 is 6.09 Å². The Balaban J connectivity index is 2.26. The first-order valence-corrected chi connectivity index (χ1v) is 4.56. The molecule has 0 aliphatic heterocycles. The number of nitrogen functional groups attached to an aromatic ring is 1. The number of nitrogens with zero attached hydrogens (tertiary/aromatic N) is 1. The van der Waals surface area contributed by atoms with Gasteiger partial charge in [0.25, 0.3) is 0 Å². The van der Waals surface area contributed by atoms with Gasteiger partial charge in [0, 0.05) is 17.4 Å². The monoisotopic (exact) mass is 192 g/mol. The van der Waals surface area contributed by atoms with Crippen molar-refractivity contribution in [2.24, 2.45) is 0 Å². The first-order valence-electron chi connectivity index (χ1n) is 4.56. The molecule has 1 fully saturated rings. The van der Waals surface area contributed by atoms with Crippen LogP contribution >= 0.6 is 0 Å². The number of benzene rings is 1. The zero-order valence-corrected chi connectivity index (χ0v) is 7.68. The third-order valence-corrected chi connectivity index (χ3v) is 2.29. The molecule has 4 heteroatoms. The second kappa shape index (κ2) is 3.21. The van der Waals surface area contributed by atoms with Gasteiger partial charge in [-0.15, -0.1) is 0 Å². The Morgan fingerprint density at radius 1 is 1.36 bits per heavy atom. The molecule has 4 nitrogen and oxygen atoms in total. The smallest absolute Gasteiger partial charge is 0.412 e. The van der Waals surface area contributed by atoms with E-state index in [0.717, 1.165) is 12.8 Å². The van der Waals surface area contributed by atoms with Crippen LogP contribution in [0.25, 0.3) is 0 Å². The molecule has 0 heterocycles. The fourth-order valence-corrected chi connectivity index (χ4v) is 1.45. The summed E-state index contributed by atoms with van der Waals surface area (Å²) in [6.07, 6.45) is 1.02. The number of nitrogens with two attached hydrogens (primary N) is 1. The molecule has 1 aliphatic rings. The van der Waals surface area contributed by atoms with Crippen LogP contribution in [0.15, 0.2) is 24.3 Å². The molecule has 0 radical (unpaired) electrons. The van der Waals surface area contributed by atoms with Crippen molar-refractivity contribution >= 4 is 17.5 Å². The Bertz CT molecular complexity index is 344. The van der Waals surface area contributed by atoms with Crippen molar-refractivity contribution in [2.75, 3.05) is 10.6 Å². The second-order valence-corrected chi connectivity index (χ2v) is 3.48. The average Bonchev–Trinajstić information content (AvgIpc) is 2.92. The highest BCUT2D eigenvalue weighted by Gasteiger charge is 2.33. The summed E-state index contributed by atoms with van der Waals surface area (Å²) in [6.45, 7) is 0. The van der Waals surface area contributed by atoms with Crippen molar-refractivity contribution in [3.63, 3.8) is 0 Å². The number of carboxylic acid groups (broad SMARTS) is 1. The number of rotatable bonds is 2. The molecule has 0 atom stereocenters. The van der Waals surface area contributed by atoms with Gasteiger partial charge >= 0.3 is 6.09 Å². The number of carbonyl (C=O) groups is 1. The van der Waals surface area contributed by atoms with Gasteiger partial charge < -0.3 is 10.8 Å². The first kappa shape index (κ1) is 8.87. The molecule has 14 heavy (non-hydrogen) atoms. The molecule has 3 N–H and O–H groups in total. The largest absolute Gasteiger partial charge is 0.465 e. The van der Waals surface area contributed by atoms with Crippen LogP contribution < -0.4 is 10.6 Å². The number of hydrogen-bond donors (Lipinski definition) is 2. The number of anilines is 2. The lowest BCUT2D eigenvalue weighted by Gasteiger charge is -2.18. The average molecular weight is 192 g/mol. The van der Waals surface area contributed by atoms with Crippen LogP contribution in [0, 0.1) is 0 Å². The Morgan fingerprint density at radius 2 is 1.93 bits per heavy atom. The molecule has 1 saturated carbocycles. The van der Waals surface area contributed by atoms with E-state index in [1.54, 1.807) is 24.3 Å². The van der Waals surface area contributed by atoms with Gasteiger partial charge in [0.2, 0.25) is 0 Å². The van der Waals surface area contributed by atoms with E-state index in [2.05, 4.69) is 0 Å². The fraction of sp³-hybridized carbons (Fsp3) is 0.300. The highest BCUT2D eigenvalue weighted by molar-refractivity contribution is 5.87. The summed E-state index contributed by atoms with van der Waals surface area (Å²) in [4.78, 5) is 12.4. The summed E-state index contributed by atoms with van der Waals surface area (Å²) in [5.74, 6) is 0. The summed E-state index contributed by atoms with van der Waals surface area (Å²) in [6, 6.07) is 7.07. The van der Waals surface area contributed by atoms with E-state index in [9.17, 15) is 4.79 Å². The predicted molar refractivity (Wildman–Crippen MR) is 54.4 cm³/mol. The quantitative estimate of drug-likeness (QED) is 0.703. The van der Waals surface area contributed by atoms with E-state index in [-0.39, 0.29) is 6.04 Å². The Kier molecular flexibility index (Phi) is 2.04. The highest BCUT2D eigenvalue weighted by Crippen LogP contribution is 2.31. The molecule has 0 bridgehead atoms. The zero-order chi connectivity index (χ0) is 10.1. The molecule has 2 rings (SSSR count). The van der Waals surface area contributed by atoms with Crippen molar-refractivity contribution < 1.29 is 9.90 Å². The SMILES string of the molecule is Nc1ccc(N(C(=O)O)C2CC2)cc1. The molecular formula is C10H12N2O2. The zero-order valence-electron chi connectivity index (χ0n) is 7.68. The van der Waals surface area contributed by atoms with E-state index in [1.807, 2.05) is 0 Å². The van der Waals surface area contributed by atoms with Gasteiger partial charge in [-0.25, -0.2) is 4.79 Å². The minimum absolute atomic E-state index is 0.163. The molecular weight excluding hydrogens is 180 g/mol. The normalized spacial score (nSPS) is 15.1. The van der Waals surface area contributed by atoms with Gasteiger partial charge in [-0.2, -0.15) is 0 Å². The maximum atomic E-state index is 11.0. The van der Waals surface area contributed by atoms with E-state index >= 15 is 0 Å². The topological polar surface area (TPSA) is 66.6 Å². The lowest BCUT2D eigenvalue weighted by atomic mass is 10.2.